The summed E-state index contributed by atoms with van der Waals surface area (Å²) in [4.78, 5) is 2.40. The van der Waals surface area contributed by atoms with Crippen LogP contribution in [0, 0.1) is 0 Å². The van der Waals surface area contributed by atoms with Crippen LogP contribution in [0.1, 0.15) is 44.8 Å². The molecule has 128 valence electrons. The second-order valence-corrected chi connectivity index (χ2v) is 7.15. The summed E-state index contributed by atoms with van der Waals surface area (Å²) in [6, 6.07) is 6.37. The lowest BCUT2D eigenvalue weighted by Crippen LogP contribution is -2.29. The van der Waals surface area contributed by atoms with E-state index < -0.39 is 0 Å². The van der Waals surface area contributed by atoms with Crippen molar-refractivity contribution in [3.8, 4) is 11.1 Å². The van der Waals surface area contributed by atoms with E-state index in [-0.39, 0.29) is 6.23 Å². The second-order valence-electron chi connectivity index (χ2n) is 6.74. The summed E-state index contributed by atoms with van der Waals surface area (Å²) in [7, 11) is 0. The van der Waals surface area contributed by atoms with Crippen LogP contribution in [0.25, 0.3) is 11.1 Å². The molecule has 4 rings (SSSR count). The first-order chi connectivity index (χ1) is 11.8. The second kappa shape index (κ2) is 7.16. The highest BCUT2D eigenvalue weighted by molar-refractivity contribution is 6.33. The summed E-state index contributed by atoms with van der Waals surface area (Å²) < 4.78 is 7.75. The standard InChI is InChI=1S/C19H24ClN3O/c20-17-12-15(7-8-18(17)22-9-3-1-4-10-22)16-13-21-23(14-16)19-6-2-5-11-24-19/h7-8,12-14,19H,1-6,9-11H2. The SMILES string of the molecule is Clc1cc(-c2cnn(C3CCCCO3)c2)ccc1N1CCCCC1. The Balaban J connectivity index is 1.54. The average Bonchev–Trinajstić information content (AvgIpc) is 3.13. The molecule has 0 aliphatic carbocycles. The van der Waals surface area contributed by atoms with Gasteiger partial charge in [-0.25, -0.2) is 4.68 Å². The first kappa shape index (κ1) is 16.0. The van der Waals surface area contributed by atoms with Crippen molar-refractivity contribution in [2.24, 2.45) is 0 Å². The van der Waals surface area contributed by atoms with E-state index in [1.54, 1.807) is 0 Å². The largest absolute Gasteiger partial charge is 0.370 e. The average molecular weight is 346 g/mol. The number of rotatable bonds is 3. The number of hydrogen-bond donors (Lipinski definition) is 0. The Bertz CT molecular complexity index is 688. The Morgan fingerprint density at radius 3 is 2.67 bits per heavy atom. The van der Waals surface area contributed by atoms with E-state index in [4.69, 9.17) is 16.3 Å². The summed E-state index contributed by atoms with van der Waals surface area (Å²) in [5, 5.41) is 5.33. The third kappa shape index (κ3) is 3.31. The molecule has 0 spiro atoms. The van der Waals surface area contributed by atoms with E-state index in [1.807, 2.05) is 10.9 Å². The quantitative estimate of drug-likeness (QED) is 0.793. The molecule has 1 unspecified atom stereocenters. The minimum absolute atomic E-state index is 0.0793. The molecule has 0 radical (unpaired) electrons. The summed E-state index contributed by atoms with van der Waals surface area (Å²) in [6.07, 6.45) is 11.3. The molecule has 2 aliphatic heterocycles. The number of hydrogen-bond acceptors (Lipinski definition) is 3. The number of benzene rings is 1. The third-order valence-electron chi connectivity index (χ3n) is 5.03. The van der Waals surface area contributed by atoms with Crippen LogP contribution in [-0.4, -0.2) is 29.5 Å². The van der Waals surface area contributed by atoms with E-state index in [0.717, 1.165) is 54.4 Å². The fraction of sp³-hybridized carbons (Fsp3) is 0.526. The molecule has 5 heteroatoms. The van der Waals surface area contributed by atoms with Crippen molar-refractivity contribution in [2.45, 2.75) is 44.8 Å². The van der Waals surface area contributed by atoms with Gasteiger partial charge in [0.2, 0.25) is 0 Å². The zero-order valence-electron chi connectivity index (χ0n) is 14.0. The number of halogens is 1. The van der Waals surface area contributed by atoms with Gasteiger partial charge in [0.05, 0.1) is 16.9 Å². The molecule has 0 saturated carbocycles. The van der Waals surface area contributed by atoms with Crippen molar-refractivity contribution < 1.29 is 4.74 Å². The molecule has 1 aromatic heterocycles. The van der Waals surface area contributed by atoms with Crippen molar-refractivity contribution in [1.82, 2.24) is 9.78 Å². The van der Waals surface area contributed by atoms with Gasteiger partial charge in [0.1, 0.15) is 6.23 Å². The van der Waals surface area contributed by atoms with E-state index >= 15 is 0 Å². The van der Waals surface area contributed by atoms with Crippen molar-refractivity contribution >= 4 is 17.3 Å². The normalized spacial score (nSPS) is 21.9. The van der Waals surface area contributed by atoms with Crippen LogP contribution in [0.2, 0.25) is 5.02 Å². The lowest BCUT2D eigenvalue weighted by atomic mass is 10.1. The first-order valence-electron chi connectivity index (χ1n) is 9.02. The van der Waals surface area contributed by atoms with Crippen LogP contribution in [0.3, 0.4) is 0 Å². The van der Waals surface area contributed by atoms with Crippen LogP contribution < -0.4 is 4.90 Å². The number of piperidine rings is 1. The minimum atomic E-state index is 0.0793. The Hall–Kier alpha value is -1.52. The molecular weight excluding hydrogens is 322 g/mol. The maximum atomic E-state index is 6.57. The number of nitrogens with zero attached hydrogens (tertiary/aromatic N) is 3. The van der Waals surface area contributed by atoms with Gasteiger partial charge in [-0.2, -0.15) is 5.10 Å². The Morgan fingerprint density at radius 1 is 1.04 bits per heavy atom. The lowest BCUT2D eigenvalue weighted by Gasteiger charge is -2.29. The van der Waals surface area contributed by atoms with Crippen molar-refractivity contribution in [2.75, 3.05) is 24.6 Å². The predicted molar refractivity (Wildman–Crippen MR) is 97.6 cm³/mol. The third-order valence-corrected chi connectivity index (χ3v) is 5.33. The van der Waals surface area contributed by atoms with Gasteiger partial charge in [-0.15, -0.1) is 0 Å². The molecule has 4 nitrogen and oxygen atoms in total. The Morgan fingerprint density at radius 2 is 1.92 bits per heavy atom. The van der Waals surface area contributed by atoms with Gasteiger partial charge in [-0.3, -0.25) is 0 Å². The Labute approximate surface area is 148 Å². The van der Waals surface area contributed by atoms with Crippen LogP contribution in [-0.2, 0) is 4.74 Å². The van der Waals surface area contributed by atoms with Gasteiger partial charge in [0.15, 0.2) is 0 Å². The van der Waals surface area contributed by atoms with E-state index in [2.05, 4.69) is 34.4 Å². The highest BCUT2D eigenvalue weighted by atomic mass is 35.5. The summed E-state index contributed by atoms with van der Waals surface area (Å²) in [6.45, 7) is 3.04. The maximum Gasteiger partial charge on any atom is 0.150 e. The molecule has 1 atom stereocenters. The van der Waals surface area contributed by atoms with E-state index in [0.29, 0.717) is 0 Å². The summed E-state index contributed by atoms with van der Waals surface area (Å²) in [5.74, 6) is 0. The molecule has 3 heterocycles. The molecule has 2 aliphatic rings. The molecule has 2 fully saturated rings. The molecule has 0 N–H and O–H groups in total. The van der Waals surface area contributed by atoms with Crippen molar-refractivity contribution in [1.29, 1.82) is 0 Å². The van der Waals surface area contributed by atoms with Gasteiger partial charge >= 0.3 is 0 Å². The van der Waals surface area contributed by atoms with Crippen LogP contribution in [0.4, 0.5) is 5.69 Å². The fourth-order valence-electron chi connectivity index (χ4n) is 3.65. The topological polar surface area (TPSA) is 30.3 Å². The fourth-order valence-corrected chi connectivity index (χ4v) is 3.95. The minimum Gasteiger partial charge on any atom is -0.370 e. The molecule has 2 aromatic rings. The van der Waals surface area contributed by atoms with Crippen molar-refractivity contribution in [3.05, 3.63) is 35.6 Å². The highest BCUT2D eigenvalue weighted by Crippen LogP contribution is 2.33. The van der Waals surface area contributed by atoms with E-state index in [9.17, 15) is 0 Å². The van der Waals surface area contributed by atoms with Gasteiger partial charge in [-0.05, 0) is 56.2 Å². The maximum absolute atomic E-state index is 6.57. The van der Waals surface area contributed by atoms with Crippen LogP contribution in [0.5, 0.6) is 0 Å². The molecular formula is C19H24ClN3O. The molecule has 24 heavy (non-hydrogen) atoms. The van der Waals surface area contributed by atoms with E-state index in [1.165, 1.54) is 25.7 Å². The smallest absolute Gasteiger partial charge is 0.150 e. The molecule has 0 amide bonds. The monoisotopic (exact) mass is 345 g/mol. The van der Waals surface area contributed by atoms with Gasteiger partial charge < -0.3 is 9.64 Å². The van der Waals surface area contributed by atoms with Gasteiger partial charge in [0.25, 0.3) is 0 Å². The number of ether oxygens (including phenoxy) is 1. The van der Waals surface area contributed by atoms with Crippen LogP contribution in [0.15, 0.2) is 30.6 Å². The number of aromatic nitrogens is 2. The van der Waals surface area contributed by atoms with Gasteiger partial charge in [-0.1, -0.05) is 17.7 Å². The summed E-state index contributed by atoms with van der Waals surface area (Å²) in [5.41, 5.74) is 3.36. The zero-order valence-corrected chi connectivity index (χ0v) is 14.7. The molecule has 0 bridgehead atoms. The zero-order chi connectivity index (χ0) is 16.4. The summed E-state index contributed by atoms with van der Waals surface area (Å²) >= 11 is 6.57. The highest BCUT2D eigenvalue weighted by Gasteiger charge is 2.18. The van der Waals surface area contributed by atoms with Crippen LogP contribution >= 0.6 is 11.6 Å². The van der Waals surface area contributed by atoms with Crippen molar-refractivity contribution in [3.63, 3.8) is 0 Å². The first-order valence-corrected chi connectivity index (χ1v) is 9.40. The predicted octanol–water partition coefficient (Wildman–Crippen LogP) is 4.89. The molecule has 2 saturated heterocycles. The van der Waals surface area contributed by atoms with Gasteiger partial charge in [0, 0.05) is 31.5 Å². The lowest BCUT2D eigenvalue weighted by molar-refractivity contribution is -0.0394. The number of anilines is 1. The Kier molecular flexibility index (Phi) is 4.76. The molecule has 1 aromatic carbocycles.